The normalized spacial score (nSPS) is 16.1. The summed E-state index contributed by atoms with van der Waals surface area (Å²) in [6.07, 6.45) is 0.673. The van der Waals surface area contributed by atoms with Crippen LogP contribution in [-0.4, -0.2) is 47.9 Å². The number of methoxy groups -OCH3 is 1. The molecule has 3 aromatic rings. The van der Waals surface area contributed by atoms with Gasteiger partial charge in [0.1, 0.15) is 11.6 Å². The summed E-state index contributed by atoms with van der Waals surface area (Å²) in [7, 11) is 1.59. The van der Waals surface area contributed by atoms with Gasteiger partial charge in [-0.2, -0.15) is 4.98 Å². The highest BCUT2D eigenvalue weighted by molar-refractivity contribution is 5.86. The molecule has 1 aliphatic heterocycles. The van der Waals surface area contributed by atoms with Crippen LogP contribution in [0.25, 0.3) is 17.0 Å². The first-order valence-corrected chi connectivity index (χ1v) is 11.1. The zero-order chi connectivity index (χ0) is 24.1. The maximum atomic E-state index is 13.6. The van der Waals surface area contributed by atoms with Crippen molar-refractivity contribution in [1.82, 2.24) is 20.4 Å². The number of nitrogens with zero attached hydrogens (tertiary/aromatic N) is 3. The fourth-order valence-corrected chi connectivity index (χ4v) is 3.91. The number of hydrogen-bond donors (Lipinski definition) is 1. The molecule has 9 heteroatoms. The molecular weight excluding hydrogens is 439 g/mol. The lowest BCUT2D eigenvalue weighted by Gasteiger charge is -2.35. The molecule has 2 amide bonds. The molecule has 0 saturated heterocycles. The van der Waals surface area contributed by atoms with E-state index >= 15 is 0 Å². The van der Waals surface area contributed by atoms with Crippen LogP contribution in [0.5, 0.6) is 5.75 Å². The zero-order valence-corrected chi connectivity index (χ0v) is 19.4. The molecule has 0 spiro atoms. The molecule has 34 heavy (non-hydrogen) atoms. The molecule has 0 aliphatic carbocycles. The molecule has 1 aliphatic rings. The molecule has 2 aromatic carbocycles. The highest BCUT2D eigenvalue weighted by atomic mass is 19.1. The lowest BCUT2D eigenvalue weighted by molar-refractivity contribution is 0.136. The first-order chi connectivity index (χ1) is 16.5. The van der Waals surface area contributed by atoms with Crippen molar-refractivity contribution in [2.75, 3.05) is 26.9 Å². The number of carbonyl (C=O) groups excluding carboxylic acids is 1. The highest BCUT2D eigenvalue weighted by Gasteiger charge is 2.35. The molecule has 1 atom stereocenters. The second-order valence-corrected chi connectivity index (χ2v) is 7.79. The van der Waals surface area contributed by atoms with Crippen LogP contribution in [0.2, 0.25) is 0 Å². The number of hydrogen-bond acceptors (Lipinski definition) is 6. The van der Waals surface area contributed by atoms with Crippen LogP contribution in [0.15, 0.2) is 58.8 Å². The van der Waals surface area contributed by atoms with Crippen molar-refractivity contribution in [3.05, 3.63) is 71.5 Å². The van der Waals surface area contributed by atoms with Crippen molar-refractivity contribution in [3.63, 3.8) is 0 Å². The number of nitrogens with one attached hydrogen (secondary N) is 1. The van der Waals surface area contributed by atoms with Crippen LogP contribution in [0, 0.1) is 5.82 Å². The first kappa shape index (κ1) is 23.4. The molecule has 2 heterocycles. The number of urea groups is 1. The topological polar surface area (TPSA) is 89.7 Å². The Labute approximate surface area is 197 Å². The van der Waals surface area contributed by atoms with Crippen molar-refractivity contribution in [1.29, 1.82) is 0 Å². The van der Waals surface area contributed by atoms with Crippen molar-refractivity contribution >= 4 is 11.6 Å². The van der Waals surface area contributed by atoms with Crippen LogP contribution in [-0.2, 0) is 4.74 Å². The van der Waals surface area contributed by atoms with Gasteiger partial charge in [0.25, 0.3) is 5.89 Å². The van der Waals surface area contributed by atoms with Crippen LogP contribution < -0.4 is 10.1 Å². The number of carbonyl (C=O) groups is 1. The van der Waals surface area contributed by atoms with Gasteiger partial charge in [0.05, 0.1) is 18.7 Å². The van der Waals surface area contributed by atoms with E-state index in [1.807, 2.05) is 38.1 Å². The summed E-state index contributed by atoms with van der Waals surface area (Å²) in [6.45, 7) is 5.41. The van der Waals surface area contributed by atoms with Crippen molar-refractivity contribution < 1.29 is 23.2 Å². The minimum absolute atomic E-state index is 0.250. The quantitative estimate of drug-likeness (QED) is 0.455. The van der Waals surface area contributed by atoms with Crippen molar-refractivity contribution in [2.24, 2.45) is 0 Å². The molecule has 8 nitrogen and oxygen atoms in total. The number of allylic oxidation sites excluding steroid dienone is 1. The second-order valence-electron chi connectivity index (χ2n) is 7.79. The zero-order valence-electron chi connectivity index (χ0n) is 19.4. The Hall–Kier alpha value is -3.72. The summed E-state index contributed by atoms with van der Waals surface area (Å²) in [6, 6.07) is 12.5. The molecular formula is C25H27FN4O4. The summed E-state index contributed by atoms with van der Waals surface area (Å²) in [5, 5.41) is 7.16. The Balaban J connectivity index is 1.73. The molecule has 0 fully saturated rings. The fourth-order valence-electron chi connectivity index (χ4n) is 3.91. The molecule has 0 bridgehead atoms. The average molecular weight is 467 g/mol. The summed E-state index contributed by atoms with van der Waals surface area (Å²) in [4.78, 5) is 19.2. The lowest BCUT2D eigenvalue weighted by Crippen LogP contribution is -2.46. The van der Waals surface area contributed by atoms with E-state index in [0.29, 0.717) is 54.6 Å². The third-order valence-corrected chi connectivity index (χ3v) is 5.66. The summed E-state index contributed by atoms with van der Waals surface area (Å²) in [5.41, 5.74) is 2.79. The van der Waals surface area contributed by atoms with Crippen LogP contribution in [0.3, 0.4) is 0 Å². The SMILES string of the molecule is CCOCCCN1C(=O)NC(c2ccc(F)cc2)C(c2nc(-c3cccc(OC)c3)no2)=C1C. The Kier molecular flexibility index (Phi) is 7.22. The molecule has 4 rings (SSSR count). The third-order valence-electron chi connectivity index (χ3n) is 5.66. The molecule has 0 saturated carbocycles. The van der Waals surface area contributed by atoms with E-state index < -0.39 is 6.04 Å². The minimum atomic E-state index is -0.574. The summed E-state index contributed by atoms with van der Waals surface area (Å²) < 4.78 is 30.0. The fraction of sp³-hybridized carbons (Fsp3) is 0.320. The number of aromatic nitrogens is 2. The van der Waals surface area contributed by atoms with Gasteiger partial charge >= 0.3 is 6.03 Å². The minimum Gasteiger partial charge on any atom is -0.497 e. The molecule has 1 unspecified atom stereocenters. The van der Waals surface area contributed by atoms with Gasteiger partial charge in [-0.15, -0.1) is 0 Å². The van der Waals surface area contributed by atoms with Gasteiger partial charge in [0.15, 0.2) is 0 Å². The predicted octanol–water partition coefficient (Wildman–Crippen LogP) is 4.81. The van der Waals surface area contributed by atoms with E-state index in [-0.39, 0.29) is 17.7 Å². The van der Waals surface area contributed by atoms with Gasteiger partial charge in [-0.25, -0.2) is 9.18 Å². The smallest absolute Gasteiger partial charge is 0.322 e. The Morgan fingerprint density at radius 1 is 1.21 bits per heavy atom. The van der Waals surface area contributed by atoms with E-state index in [4.69, 9.17) is 14.0 Å². The number of benzene rings is 2. The van der Waals surface area contributed by atoms with Gasteiger partial charge in [-0.05, 0) is 50.1 Å². The number of amides is 2. The Morgan fingerprint density at radius 3 is 2.74 bits per heavy atom. The lowest BCUT2D eigenvalue weighted by atomic mass is 9.94. The van der Waals surface area contributed by atoms with E-state index in [2.05, 4.69) is 15.5 Å². The molecule has 0 radical (unpaired) electrons. The number of halogens is 1. The highest BCUT2D eigenvalue weighted by Crippen LogP contribution is 2.37. The van der Waals surface area contributed by atoms with Crippen LogP contribution >= 0.6 is 0 Å². The van der Waals surface area contributed by atoms with Gasteiger partial charge < -0.3 is 19.3 Å². The van der Waals surface area contributed by atoms with Gasteiger partial charge in [0, 0.05) is 31.0 Å². The molecule has 1 aromatic heterocycles. The maximum Gasteiger partial charge on any atom is 0.322 e. The van der Waals surface area contributed by atoms with Crippen molar-refractivity contribution in [2.45, 2.75) is 26.3 Å². The van der Waals surface area contributed by atoms with Gasteiger partial charge in [0.2, 0.25) is 5.82 Å². The largest absolute Gasteiger partial charge is 0.497 e. The monoisotopic (exact) mass is 466 g/mol. The summed E-state index contributed by atoms with van der Waals surface area (Å²) >= 11 is 0. The van der Waals surface area contributed by atoms with Crippen molar-refractivity contribution in [3.8, 4) is 17.1 Å². The van der Waals surface area contributed by atoms with Crippen LogP contribution in [0.4, 0.5) is 9.18 Å². The average Bonchev–Trinajstić information content (AvgIpc) is 3.33. The molecule has 1 N–H and O–H groups in total. The van der Waals surface area contributed by atoms with Gasteiger partial charge in [-0.1, -0.05) is 29.4 Å². The van der Waals surface area contributed by atoms with Crippen LogP contribution in [0.1, 0.15) is 37.8 Å². The second kappa shape index (κ2) is 10.5. The molecule has 178 valence electrons. The van der Waals surface area contributed by atoms with Gasteiger partial charge in [-0.3, -0.25) is 4.90 Å². The van der Waals surface area contributed by atoms with E-state index in [1.165, 1.54) is 12.1 Å². The number of rotatable bonds is 9. The maximum absolute atomic E-state index is 13.6. The predicted molar refractivity (Wildman–Crippen MR) is 124 cm³/mol. The van der Waals surface area contributed by atoms with E-state index in [0.717, 1.165) is 5.56 Å². The van der Waals surface area contributed by atoms with E-state index in [1.54, 1.807) is 24.1 Å². The Morgan fingerprint density at radius 2 is 2.00 bits per heavy atom. The van der Waals surface area contributed by atoms with E-state index in [9.17, 15) is 9.18 Å². The summed E-state index contributed by atoms with van der Waals surface area (Å²) in [5.74, 6) is 0.990. The standard InChI is InChI=1S/C25H27FN4O4/c1-4-33-14-6-13-30-16(2)21(22(27-25(30)31)17-9-11-19(26)12-10-17)24-28-23(29-34-24)18-7-5-8-20(15-18)32-3/h5,7-12,15,22H,4,6,13-14H2,1-3H3,(H,27,31). The third kappa shape index (κ3) is 4.94. The first-order valence-electron chi connectivity index (χ1n) is 11.1. The Bertz CT molecular complexity index is 1180. The number of ether oxygens (including phenoxy) is 2.